The first-order chi connectivity index (χ1) is 14.9. The number of benzene rings is 2. The Kier molecular flexibility index (Phi) is 5.86. The third kappa shape index (κ3) is 3.97. The third-order valence-electron chi connectivity index (χ3n) is 6.20. The summed E-state index contributed by atoms with van der Waals surface area (Å²) in [5.74, 6) is -0.305. The summed E-state index contributed by atoms with van der Waals surface area (Å²) in [6, 6.07) is 14.6. The summed E-state index contributed by atoms with van der Waals surface area (Å²) in [6.07, 6.45) is 0.756. The minimum Gasteiger partial charge on any atom is -0.368 e. The molecule has 0 aliphatic carbocycles. The maximum absolute atomic E-state index is 13.4. The molecule has 2 amide bonds. The highest BCUT2D eigenvalue weighted by molar-refractivity contribution is 6.35. The molecule has 0 unspecified atom stereocenters. The van der Waals surface area contributed by atoms with E-state index in [0.717, 1.165) is 49.3 Å². The van der Waals surface area contributed by atoms with Crippen molar-refractivity contribution in [2.24, 2.45) is 0 Å². The predicted octanol–water partition coefficient (Wildman–Crippen LogP) is 3.92. The number of aryl methyl sites for hydroxylation is 3. The highest BCUT2D eigenvalue weighted by Gasteiger charge is 2.42. The van der Waals surface area contributed by atoms with Crippen molar-refractivity contribution in [1.29, 1.82) is 0 Å². The highest BCUT2D eigenvalue weighted by Crippen LogP contribution is 2.34. The summed E-state index contributed by atoms with van der Waals surface area (Å²) in [7, 11) is 0. The van der Waals surface area contributed by atoms with E-state index in [-0.39, 0.29) is 11.8 Å². The zero-order valence-electron chi connectivity index (χ0n) is 18.9. The zero-order chi connectivity index (χ0) is 22.1. The first-order valence-electron chi connectivity index (χ1n) is 11.2. The fraction of sp³-hybridized carbons (Fsp3) is 0.385. The van der Waals surface area contributed by atoms with Gasteiger partial charge in [0.05, 0.1) is 5.57 Å². The van der Waals surface area contributed by atoms with Crippen LogP contribution >= 0.6 is 0 Å². The molecule has 162 valence electrons. The van der Waals surface area contributed by atoms with Crippen molar-refractivity contribution in [2.45, 2.75) is 34.1 Å². The van der Waals surface area contributed by atoms with E-state index in [1.54, 1.807) is 0 Å². The Bertz CT molecular complexity index is 1050. The van der Waals surface area contributed by atoms with Crippen LogP contribution in [-0.4, -0.2) is 54.3 Å². The fourth-order valence-corrected chi connectivity index (χ4v) is 4.63. The monoisotopic (exact) mass is 417 g/mol. The maximum Gasteiger partial charge on any atom is 0.277 e. The van der Waals surface area contributed by atoms with Crippen LogP contribution < -0.4 is 4.90 Å². The summed E-state index contributed by atoms with van der Waals surface area (Å²) < 4.78 is 0. The van der Waals surface area contributed by atoms with Crippen LogP contribution in [0.4, 0.5) is 5.69 Å². The summed E-state index contributed by atoms with van der Waals surface area (Å²) in [4.78, 5) is 32.6. The van der Waals surface area contributed by atoms with E-state index in [0.29, 0.717) is 17.8 Å². The van der Waals surface area contributed by atoms with Crippen LogP contribution in [0.15, 0.2) is 48.2 Å². The number of nitrogens with zero attached hydrogens (tertiary/aromatic N) is 3. The van der Waals surface area contributed by atoms with E-state index >= 15 is 0 Å². The van der Waals surface area contributed by atoms with Crippen molar-refractivity contribution in [1.82, 2.24) is 9.80 Å². The molecule has 1 fully saturated rings. The van der Waals surface area contributed by atoms with Crippen LogP contribution in [0.25, 0.3) is 5.57 Å². The number of rotatable bonds is 5. The SMILES string of the molecule is CCCN1C(=O)C(c2ccc(C)cc2C)=C(N2CCN(c3cccc(C)c3)CC2)C1=O. The smallest absolute Gasteiger partial charge is 0.277 e. The van der Waals surface area contributed by atoms with Gasteiger partial charge in [-0.2, -0.15) is 0 Å². The Balaban J connectivity index is 1.67. The molecule has 2 aromatic carbocycles. The molecule has 0 aromatic heterocycles. The second kappa shape index (κ2) is 8.58. The van der Waals surface area contributed by atoms with Gasteiger partial charge in [-0.15, -0.1) is 0 Å². The van der Waals surface area contributed by atoms with Crippen molar-refractivity contribution in [3.8, 4) is 0 Å². The molecule has 0 N–H and O–H groups in total. The van der Waals surface area contributed by atoms with Gasteiger partial charge in [-0.1, -0.05) is 42.8 Å². The number of piperazine rings is 1. The van der Waals surface area contributed by atoms with Crippen molar-refractivity contribution >= 4 is 23.1 Å². The quantitative estimate of drug-likeness (QED) is 0.692. The van der Waals surface area contributed by atoms with Crippen molar-refractivity contribution in [3.63, 3.8) is 0 Å². The van der Waals surface area contributed by atoms with E-state index in [9.17, 15) is 9.59 Å². The van der Waals surface area contributed by atoms with Crippen molar-refractivity contribution in [2.75, 3.05) is 37.6 Å². The molecule has 1 saturated heterocycles. The maximum atomic E-state index is 13.4. The van der Waals surface area contributed by atoms with Crippen molar-refractivity contribution in [3.05, 3.63) is 70.4 Å². The topological polar surface area (TPSA) is 43.9 Å². The second-order valence-corrected chi connectivity index (χ2v) is 8.62. The van der Waals surface area contributed by atoms with Crippen LogP contribution in [0, 0.1) is 20.8 Å². The number of hydrogen-bond donors (Lipinski definition) is 0. The molecule has 31 heavy (non-hydrogen) atoms. The van der Waals surface area contributed by atoms with Crippen LogP contribution in [0.3, 0.4) is 0 Å². The summed E-state index contributed by atoms with van der Waals surface area (Å²) in [5, 5.41) is 0. The van der Waals surface area contributed by atoms with E-state index in [1.807, 2.05) is 32.9 Å². The standard InChI is InChI=1S/C26H31N3O2/c1-5-11-29-25(30)23(22-10-9-19(3)16-20(22)4)24(26(29)31)28-14-12-27(13-15-28)21-8-6-7-18(2)17-21/h6-10,16-17H,5,11-15H2,1-4H3. The Hall–Kier alpha value is -3.08. The Morgan fingerprint density at radius 1 is 0.806 bits per heavy atom. The van der Waals surface area contributed by atoms with E-state index in [4.69, 9.17) is 0 Å². The molecule has 2 aliphatic rings. The Labute approximate surface area is 184 Å². The van der Waals surface area contributed by atoms with Gasteiger partial charge in [0, 0.05) is 38.4 Å². The van der Waals surface area contributed by atoms with Gasteiger partial charge in [-0.25, -0.2) is 0 Å². The highest BCUT2D eigenvalue weighted by atomic mass is 16.2. The van der Waals surface area contributed by atoms with Crippen LogP contribution in [0.5, 0.6) is 0 Å². The molecule has 2 heterocycles. The molecule has 0 atom stereocenters. The first-order valence-corrected chi connectivity index (χ1v) is 11.2. The molecule has 0 radical (unpaired) electrons. The molecule has 2 aliphatic heterocycles. The fourth-order valence-electron chi connectivity index (χ4n) is 4.63. The third-order valence-corrected chi connectivity index (χ3v) is 6.20. The average Bonchev–Trinajstić information content (AvgIpc) is 2.99. The van der Waals surface area contributed by atoms with E-state index < -0.39 is 0 Å². The predicted molar refractivity (Wildman–Crippen MR) is 125 cm³/mol. The largest absolute Gasteiger partial charge is 0.368 e. The first kappa shape index (κ1) is 21.2. The Morgan fingerprint density at radius 3 is 2.13 bits per heavy atom. The average molecular weight is 418 g/mol. The lowest BCUT2D eigenvalue weighted by Gasteiger charge is -2.38. The number of hydrogen-bond acceptors (Lipinski definition) is 4. The molecule has 0 spiro atoms. The molecule has 0 saturated carbocycles. The lowest BCUT2D eigenvalue weighted by Crippen LogP contribution is -2.47. The normalized spacial score (nSPS) is 17.2. The minimum absolute atomic E-state index is 0.147. The second-order valence-electron chi connectivity index (χ2n) is 8.62. The lowest BCUT2D eigenvalue weighted by atomic mass is 9.97. The number of amides is 2. The molecular weight excluding hydrogens is 386 g/mol. The lowest BCUT2D eigenvalue weighted by molar-refractivity contribution is -0.137. The molecule has 0 bridgehead atoms. The zero-order valence-corrected chi connectivity index (χ0v) is 18.9. The molecule has 4 rings (SSSR count). The van der Waals surface area contributed by atoms with Crippen LogP contribution in [-0.2, 0) is 9.59 Å². The Morgan fingerprint density at radius 2 is 1.48 bits per heavy atom. The van der Waals surface area contributed by atoms with Gasteiger partial charge in [-0.05, 0) is 56.0 Å². The molecule has 5 heteroatoms. The minimum atomic E-state index is -0.157. The molecule has 5 nitrogen and oxygen atoms in total. The number of carbonyl (C=O) groups is 2. The van der Waals surface area contributed by atoms with Gasteiger partial charge in [0.15, 0.2) is 0 Å². The van der Waals surface area contributed by atoms with Gasteiger partial charge in [0.1, 0.15) is 5.70 Å². The molecular formula is C26H31N3O2. The molecule has 2 aromatic rings. The van der Waals surface area contributed by atoms with Gasteiger partial charge >= 0.3 is 0 Å². The van der Waals surface area contributed by atoms with Gasteiger partial charge in [0.25, 0.3) is 11.8 Å². The van der Waals surface area contributed by atoms with Gasteiger partial charge < -0.3 is 9.80 Å². The summed E-state index contributed by atoms with van der Waals surface area (Å²) in [6.45, 7) is 11.7. The van der Waals surface area contributed by atoms with Crippen LogP contribution in [0.2, 0.25) is 0 Å². The van der Waals surface area contributed by atoms with Gasteiger partial charge in [-0.3, -0.25) is 14.5 Å². The van der Waals surface area contributed by atoms with E-state index in [1.165, 1.54) is 16.2 Å². The van der Waals surface area contributed by atoms with E-state index in [2.05, 4.69) is 47.1 Å². The van der Waals surface area contributed by atoms with Crippen molar-refractivity contribution < 1.29 is 9.59 Å². The number of carbonyl (C=O) groups excluding carboxylic acids is 2. The summed E-state index contributed by atoms with van der Waals surface area (Å²) >= 11 is 0. The number of imide groups is 1. The van der Waals surface area contributed by atoms with Gasteiger partial charge in [0.2, 0.25) is 0 Å². The van der Waals surface area contributed by atoms with Crippen LogP contribution in [0.1, 0.15) is 35.6 Å². The summed E-state index contributed by atoms with van der Waals surface area (Å²) in [5.41, 5.74) is 6.66. The number of anilines is 1.